The van der Waals surface area contributed by atoms with Crippen molar-refractivity contribution in [2.75, 3.05) is 27.2 Å². The molecule has 2 rings (SSSR count). The summed E-state index contributed by atoms with van der Waals surface area (Å²) in [5.41, 5.74) is -0.0224. The zero-order chi connectivity index (χ0) is 14.5. The minimum Gasteiger partial charge on any atom is -0.350 e. The maximum atomic E-state index is 12.1. The zero-order valence-corrected chi connectivity index (χ0v) is 11.7. The number of hydrogen-bond donors (Lipinski definition) is 3. The van der Waals surface area contributed by atoms with E-state index in [1.54, 1.807) is 24.3 Å². The summed E-state index contributed by atoms with van der Waals surface area (Å²) in [6.45, 7) is 1.58. The fraction of sp³-hybridized carbons (Fsp3) is 0.357. The second-order valence-electron chi connectivity index (χ2n) is 5.01. The Kier molecular flexibility index (Phi) is 4.47. The molecule has 0 atom stereocenters. The first kappa shape index (κ1) is 14.2. The van der Waals surface area contributed by atoms with Crippen LogP contribution in [0, 0.1) is 0 Å². The van der Waals surface area contributed by atoms with Crippen LogP contribution in [0.2, 0.25) is 0 Å². The lowest BCUT2D eigenvalue weighted by Crippen LogP contribution is -3.05. The van der Waals surface area contributed by atoms with Crippen LogP contribution in [0.25, 0.3) is 10.8 Å². The van der Waals surface area contributed by atoms with Crippen molar-refractivity contribution in [1.29, 1.82) is 0 Å². The Morgan fingerprint density at radius 3 is 2.70 bits per heavy atom. The van der Waals surface area contributed by atoms with Crippen LogP contribution >= 0.6 is 0 Å². The average Bonchev–Trinajstić information content (AvgIpc) is 2.44. The van der Waals surface area contributed by atoms with Gasteiger partial charge in [0, 0.05) is 18.4 Å². The number of amides is 1. The van der Waals surface area contributed by atoms with E-state index in [9.17, 15) is 9.59 Å². The lowest BCUT2D eigenvalue weighted by molar-refractivity contribution is -0.858. The van der Waals surface area contributed by atoms with E-state index in [1.165, 1.54) is 4.90 Å². The molecule has 6 nitrogen and oxygen atoms in total. The van der Waals surface area contributed by atoms with Crippen LogP contribution in [-0.2, 0) is 0 Å². The molecular weight excluding hydrogens is 256 g/mol. The number of H-pyrrole nitrogens is 1. The number of quaternary nitrogens is 1. The highest BCUT2D eigenvalue weighted by Gasteiger charge is 2.13. The second-order valence-corrected chi connectivity index (χ2v) is 5.01. The minimum absolute atomic E-state index is 0.258. The molecule has 0 spiro atoms. The van der Waals surface area contributed by atoms with E-state index in [0.717, 1.165) is 13.0 Å². The highest BCUT2D eigenvalue weighted by atomic mass is 16.2. The van der Waals surface area contributed by atoms with Gasteiger partial charge in [-0.15, -0.1) is 0 Å². The van der Waals surface area contributed by atoms with Crippen LogP contribution in [-0.4, -0.2) is 43.3 Å². The van der Waals surface area contributed by atoms with Gasteiger partial charge < -0.3 is 10.2 Å². The summed E-state index contributed by atoms with van der Waals surface area (Å²) in [5, 5.41) is 10.1. The number of aromatic nitrogens is 2. The van der Waals surface area contributed by atoms with Crippen molar-refractivity contribution < 1.29 is 9.69 Å². The molecule has 0 radical (unpaired) electrons. The van der Waals surface area contributed by atoms with E-state index in [1.807, 2.05) is 0 Å². The number of nitrogens with zero attached hydrogens (tertiary/aromatic N) is 1. The molecule has 20 heavy (non-hydrogen) atoms. The van der Waals surface area contributed by atoms with Gasteiger partial charge in [-0.05, 0) is 6.07 Å². The van der Waals surface area contributed by atoms with E-state index in [2.05, 4.69) is 29.6 Å². The van der Waals surface area contributed by atoms with Gasteiger partial charge in [0.2, 0.25) is 0 Å². The van der Waals surface area contributed by atoms with Crippen LogP contribution in [0.3, 0.4) is 0 Å². The number of hydrogen-bond acceptors (Lipinski definition) is 3. The van der Waals surface area contributed by atoms with Crippen LogP contribution < -0.4 is 15.8 Å². The first-order chi connectivity index (χ1) is 9.59. The molecule has 1 aromatic heterocycles. The van der Waals surface area contributed by atoms with Gasteiger partial charge in [0.25, 0.3) is 11.5 Å². The maximum absolute atomic E-state index is 12.1. The predicted octanol–water partition coefficient (Wildman–Crippen LogP) is -0.812. The molecule has 1 aromatic carbocycles. The molecule has 0 aliphatic heterocycles. The molecule has 0 aliphatic rings. The Hall–Kier alpha value is -2.21. The van der Waals surface area contributed by atoms with Crippen LogP contribution in [0.15, 0.2) is 29.1 Å². The summed E-state index contributed by atoms with van der Waals surface area (Å²) >= 11 is 0. The van der Waals surface area contributed by atoms with Crippen LogP contribution in [0.5, 0.6) is 0 Å². The summed E-state index contributed by atoms with van der Waals surface area (Å²) in [5.74, 6) is -0.258. The molecule has 0 unspecified atom stereocenters. The maximum Gasteiger partial charge on any atom is 0.272 e. The van der Waals surface area contributed by atoms with E-state index < -0.39 is 0 Å². The quantitative estimate of drug-likeness (QED) is 0.624. The number of carbonyl (C=O) groups excluding carboxylic acids is 1. The number of aromatic amines is 1. The van der Waals surface area contributed by atoms with Gasteiger partial charge in [-0.2, -0.15) is 5.10 Å². The van der Waals surface area contributed by atoms with Gasteiger partial charge >= 0.3 is 0 Å². The fourth-order valence-corrected chi connectivity index (χ4v) is 2.02. The van der Waals surface area contributed by atoms with E-state index in [4.69, 9.17) is 0 Å². The average molecular weight is 275 g/mol. The number of benzene rings is 1. The van der Waals surface area contributed by atoms with Crippen molar-refractivity contribution in [1.82, 2.24) is 15.5 Å². The van der Waals surface area contributed by atoms with Gasteiger partial charge in [-0.25, -0.2) is 5.10 Å². The predicted molar refractivity (Wildman–Crippen MR) is 77.0 cm³/mol. The van der Waals surface area contributed by atoms with E-state index >= 15 is 0 Å². The van der Waals surface area contributed by atoms with Crippen molar-refractivity contribution in [2.45, 2.75) is 6.42 Å². The monoisotopic (exact) mass is 275 g/mol. The minimum atomic E-state index is -0.284. The highest BCUT2D eigenvalue weighted by molar-refractivity contribution is 6.04. The van der Waals surface area contributed by atoms with E-state index in [0.29, 0.717) is 17.3 Å². The Bertz CT molecular complexity index is 664. The van der Waals surface area contributed by atoms with Crippen molar-refractivity contribution in [3.05, 3.63) is 40.3 Å². The smallest absolute Gasteiger partial charge is 0.272 e. The molecule has 0 saturated heterocycles. The third-order valence-corrected chi connectivity index (χ3v) is 3.05. The van der Waals surface area contributed by atoms with Crippen molar-refractivity contribution in [3.8, 4) is 0 Å². The molecule has 0 fully saturated rings. The summed E-state index contributed by atoms with van der Waals surface area (Å²) in [6.07, 6.45) is 0.898. The summed E-state index contributed by atoms with van der Waals surface area (Å²) in [7, 11) is 4.14. The van der Waals surface area contributed by atoms with Gasteiger partial charge in [-0.3, -0.25) is 9.59 Å². The Morgan fingerprint density at radius 1 is 1.30 bits per heavy atom. The molecular formula is C14H19N4O2+. The van der Waals surface area contributed by atoms with Gasteiger partial charge in [0.15, 0.2) is 5.69 Å². The van der Waals surface area contributed by atoms with Gasteiger partial charge in [-0.1, -0.05) is 18.2 Å². The Labute approximate surface area is 116 Å². The molecule has 106 valence electrons. The third kappa shape index (κ3) is 3.21. The fourth-order valence-electron chi connectivity index (χ4n) is 2.02. The largest absolute Gasteiger partial charge is 0.350 e. The topological polar surface area (TPSA) is 79.3 Å². The SMILES string of the molecule is C[NH+](C)CCCNC(=O)c1n[nH]c(=O)c2ccccc12. The third-order valence-electron chi connectivity index (χ3n) is 3.05. The van der Waals surface area contributed by atoms with Crippen molar-refractivity contribution in [3.63, 3.8) is 0 Å². The first-order valence-electron chi connectivity index (χ1n) is 6.64. The lowest BCUT2D eigenvalue weighted by atomic mass is 10.1. The molecule has 0 aliphatic carbocycles. The normalized spacial score (nSPS) is 10.9. The number of fused-ring (bicyclic) bond motifs is 1. The molecule has 2 aromatic rings. The van der Waals surface area contributed by atoms with Gasteiger partial charge in [0.05, 0.1) is 26.0 Å². The standard InChI is InChI=1S/C14H18N4O2/c1-18(2)9-5-8-15-14(20)12-10-6-3-4-7-11(10)13(19)17-16-12/h3-4,6-7H,5,8-9H2,1-2H3,(H,15,20)(H,17,19)/p+1. The summed E-state index contributed by atoms with van der Waals surface area (Å²) < 4.78 is 0. The Morgan fingerprint density at radius 2 is 2.00 bits per heavy atom. The Balaban J connectivity index is 2.15. The summed E-state index contributed by atoms with van der Waals surface area (Å²) in [6, 6.07) is 6.97. The molecule has 1 amide bonds. The van der Waals surface area contributed by atoms with E-state index in [-0.39, 0.29) is 17.2 Å². The molecule has 6 heteroatoms. The van der Waals surface area contributed by atoms with Crippen LogP contribution in [0.1, 0.15) is 16.9 Å². The number of rotatable bonds is 5. The number of carbonyl (C=O) groups is 1. The van der Waals surface area contributed by atoms with Crippen LogP contribution in [0.4, 0.5) is 0 Å². The van der Waals surface area contributed by atoms with Gasteiger partial charge in [0.1, 0.15) is 0 Å². The van der Waals surface area contributed by atoms with Crippen molar-refractivity contribution >= 4 is 16.7 Å². The first-order valence-corrected chi connectivity index (χ1v) is 6.64. The summed E-state index contributed by atoms with van der Waals surface area (Å²) in [4.78, 5) is 25.1. The molecule has 0 bridgehead atoms. The molecule has 1 heterocycles. The second kappa shape index (κ2) is 6.29. The molecule has 0 saturated carbocycles. The lowest BCUT2D eigenvalue weighted by Gasteiger charge is -2.08. The molecule has 3 N–H and O–H groups in total. The van der Waals surface area contributed by atoms with Crippen molar-refractivity contribution in [2.24, 2.45) is 0 Å². The highest BCUT2D eigenvalue weighted by Crippen LogP contribution is 2.11. The number of nitrogens with one attached hydrogen (secondary N) is 3. The zero-order valence-electron chi connectivity index (χ0n) is 11.7.